The Hall–Kier alpha value is -1.89. The van der Waals surface area contributed by atoms with Crippen molar-refractivity contribution in [1.82, 2.24) is 20.1 Å². The smallest absolute Gasteiger partial charge is 0.226 e. The lowest BCUT2D eigenvalue weighted by Crippen LogP contribution is -2.55. The summed E-state index contributed by atoms with van der Waals surface area (Å²) in [6.07, 6.45) is 6.94. The number of hydrogen-bond acceptors (Lipinski definition) is 4. The number of rotatable bonds is 5. The molecule has 2 saturated heterocycles. The van der Waals surface area contributed by atoms with Gasteiger partial charge in [-0.3, -0.25) is 9.69 Å². The van der Waals surface area contributed by atoms with Crippen LogP contribution in [0.1, 0.15) is 55.8 Å². The molecule has 1 aromatic heterocycles. The number of amides is 1. The molecule has 178 valence electrons. The van der Waals surface area contributed by atoms with E-state index in [1.807, 2.05) is 0 Å². The van der Waals surface area contributed by atoms with Gasteiger partial charge < -0.3 is 20.3 Å². The molecule has 2 aromatic rings. The number of para-hydroxylation sites is 1. The third-order valence-electron chi connectivity index (χ3n) is 9.00. The molecule has 4 heterocycles. The highest BCUT2D eigenvalue weighted by Crippen LogP contribution is 2.49. The number of likely N-dealkylation sites (tertiary alicyclic amines) is 1. The van der Waals surface area contributed by atoms with E-state index >= 15 is 0 Å². The molecule has 1 amide bonds. The summed E-state index contributed by atoms with van der Waals surface area (Å²) in [6, 6.07) is 8.96. The van der Waals surface area contributed by atoms with Crippen LogP contribution in [-0.4, -0.2) is 71.2 Å². The number of fused-ring (bicyclic) bond motifs is 6. The van der Waals surface area contributed by atoms with Gasteiger partial charge in [0.2, 0.25) is 5.91 Å². The van der Waals surface area contributed by atoms with Crippen LogP contribution >= 0.6 is 0 Å². The molecule has 3 fully saturated rings. The Morgan fingerprint density at radius 1 is 1.15 bits per heavy atom. The van der Waals surface area contributed by atoms with Crippen molar-refractivity contribution in [2.45, 2.75) is 57.1 Å². The summed E-state index contributed by atoms with van der Waals surface area (Å²) in [6.45, 7) is 6.34. The van der Waals surface area contributed by atoms with Crippen LogP contribution in [0.15, 0.2) is 24.3 Å². The Balaban J connectivity index is 1.17. The molecule has 0 radical (unpaired) electrons. The van der Waals surface area contributed by atoms with Crippen molar-refractivity contribution < 1.29 is 9.90 Å². The fourth-order valence-electron chi connectivity index (χ4n) is 7.34. The summed E-state index contributed by atoms with van der Waals surface area (Å²) in [5.41, 5.74) is 4.04. The molecule has 6 rings (SSSR count). The summed E-state index contributed by atoms with van der Waals surface area (Å²) in [4.78, 5) is 22.2. The highest BCUT2D eigenvalue weighted by atomic mass is 16.3. The minimum atomic E-state index is -0.512. The number of piperidine rings is 1. The molecular formula is C27H38N4O2. The number of nitrogens with zero attached hydrogens (tertiary/aromatic N) is 2. The normalized spacial score (nSPS) is 32.3. The molecule has 6 nitrogen and oxygen atoms in total. The van der Waals surface area contributed by atoms with E-state index in [9.17, 15) is 9.90 Å². The minimum Gasteiger partial charge on any atom is -0.392 e. The molecule has 33 heavy (non-hydrogen) atoms. The minimum absolute atomic E-state index is 0.0831. The fourth-order valence-corrected chi connectivity index (χ4v) is 7.34. The zero-order valence-corrected chi connectivity index (χ0v) is 19.6. The maximum Gasteiger partial charge on any atom is 0.226 e. The van der Waals surface area contributed by atoms with Crippen LogP contribution in [0.4, 0.5) is 0 Å². The largest absolute Gasteiger partial charge is 0.392 e. The molecule has 1 aliphatic carbocycles. The third kappa shape index (κ3) is 4.00. The fraction of sp³-hybridized carbons (Fsp3) is 0.667. The van der Waals surface area contributed by atoms with Gasteiger partial charge in [0.1, 0.15) is 0 Å². The lowest BCUT2D eigenvalue weighted by atomic mass is 9.64. The van der Waals surface area contributed by atoms with E-state index < -0.39 is 6.10 Å². The van der Waals surface area contributed by atoms with Crippen LogP contribution in [0, 0.1) is 17.8 Å². The summed E-state index contributed by atoms with van der Waals surface area (Å²) >= 11 is 0. The van der Waals surface area contributed by atoms with Crippen molar-refractivity contribution in [2.75, 3.05) is 39.3 Å². The predicted molar refractivity (Wildman–Crippen MR) is 130 cm³/mol. The molecule has 4 aliphatic rings. The van der Waals surface area contributed by atoms with Crippen LogP contribution in [0.25, 0.3) is 10.9 Å². The van der Waals surface area contributed by atoms with E-state index in [0.717, 1.165) is 58.3 Å². The molecule has 0 spiro atoms. The quantitative estimate of drug-likeness (QED) is 0.613. The first-order chi connectivity index (χ1) is 16.2. The van der Waals surface area contributed by atoms with Crippen molar-refractivity contribution >= 4 is 16.8 Å². The van der Waals surface area contributed by atoms with E-state index in [1.54, 1.807) is 0 Å². The van der Waals surface area contributed by atoms with Crippen molar-refractivity contribution in [3.63, 3.8) is 0 Å². The maximum absolute atomic E-state index is 13.3. The van der Waals surface area contributed by atoms with E-state index in [0.29, 0.717) is 12.0 Å². The van der Waals surface area contributed by atoms with Crippen molar-refractivity contribution in [1.29, 1.82) is 0 Å². The van der Waals surface area contributed by atoms with Crippen LogP contribution in [0.2, 0.25) is 0 Å². The summed E-state index contributed by atoms with van der Waals surface area (Å²) in [7, 11) is 0. The van der Waals surface area contributed by atoms with Gasteiger partial charge >= 0.3 is 0 Å². The average Bonchev–Trinajstić information content (AvgIpc) is 3.48. The first-order valence-electron chi connectivity index (χ1n) is 13.2. The van der Waals surface area contributed by atoms with Crippen LogP contribution < -0.4 is 5.32 Å². The third-order valence-corrected chi connectivity index (χ3v) is 9.00. The zero-order valence-electron chi connectivity index (χ0n) is 19.6. The van der Waals surface area contributed by atoms with Gasteiger partial charge in [-0.25, -0.2) is 0 Å². The number of benzene rings is 1. The van der Waals surface area contributed by atoms with Gasteiger partial charge in [-0.15, -0.1) is 0 Å². The lowest BCUT2D eigenvalue weighted by Gasteiger charge is -2.51. The van der Waals surface area contributed by atoms with E-state index in [1.165, 1.54) is 48.1 Å². The van der Waals surface area contributed by atoms with Gasteiger partial charge in [-0.1, -0.05) is 18.2 Å². The number of aromatic nitrogens is 1. The molecule has 1 aromatic carbocycles. The maximum atomic E-state index is 13.3. The number of aromatic amines is 1. The Morgan fingerprint density at radius 2 is 2.00 bits per heavy atom. The first-order valence-corrected chi connectivity index (χ1v) is 13.2. The van der Waals surface area contributed by atoms with E-state index in [4.69, 9.17) is 0 Å². The summed E-state index contributed by atoms with van der Waals surface area (Å²) < 4.78 is 0. The number of carbonyl (C=O) groups excluding carboxylic acids is 1. The first kappa shape index (κ1) is 21.6. The molecular weight excluding hydrogens is 412 g/mol. The number of aliphatic hydroxyl groups excluding tert-OH is 1. The van der Waals surface area contributed by atoms with Crippen molar-refractivity contribution in [3.05, 3.63) is 35.5 Å². The van der Waals surface area contributed by atoms with Gasteiger partial charge in [0.05, 0.1) is 18.1 Å². The van der Waals surface area contributed by atoms with Gasteiger partial charge in [0, 0.05) is 36.2 Å². The Kier molecular flexibility index (Phi) is 5.93. The molecule has 3 aliphatic heterocycles. The molecule has 1 saturated carbocycles. The molecule has 0 bridgehead atoms. The Morgan fingerprint density at radius 3 is 2.88 bits per heavy atom. The molecule has 5 atom stereocenters. The average molecular weight is 451 g/mol. The van der Waals surface area contributed by atoms with Crippen LogP contribution in [0.3, 0.4) is 0 Å². The Bertz CT molecular complexity index is 997. The second-order valence-corrected chi connectivity index (χ2v) is 10.8. The predicted octanol–water partition coefficient (Wildman–Crippen LogP) is 3.08. The topological polar surface area (TPSA) is 71.6 Å². The lowest BCUT2D eigenvalue weighted by molar-refractivity contribution is -0.139. The van der Waals surface area contributed by atoms with Gasteiger partial charge in [0.25, 0.3) is 0 Å². The van der Waals surface area contributed by atoms with Gasteiger partial charge in [0.15, 0.2) is 0 Å². The SMILES string of the molecule is O=C(NCCCN1CCCC1)C1[C@H]2C[C@H]3c4[nH]c5ccccc5c4CCN3C[C@@H]2CC[C@@H]1O. The zero-order chi connectivity index (χ0) is 22.4. The van der Waals surface area contributed by atoms with Crippen LogP contribution in [0.5, 0.6) is 0 Å². The van der Waals surface area contributed by atoms with Crippen molar-refractivity contribution in [2.24, 2.45) is 17.8 Å². The number of hydrogen-bond donors (Lipinski definition) is 3. The second kappa shape index (κ2) is 9.05. The molecule has 6 heteroatoms. The number of nitrogens with one attached hydrogen (secondary N) is 2. The van der Waals surface area contributed by atoms with Crippen LogP contribution in [-0.2, 0) is 11.2 Å². The number of carbonyl (C=O) groups is 1. The van der Waals surface area contributed by atoms with E-state index in [2.05, 4.69) is 44.4 Å². The number of H-pyrrole nitrogens is 1. The molecule has 3 N–H and O–H groups in total. The van der Waals surface area contributed by atoms with Gasteiger partial charge in [-0.2, -0.15) is 0 Å². The summed E-state index contributed by atoms with van der Waals surface area (Å²) in [5.74, 6) is 0.578. The van der Waals surface area contributed by atoms with Gasteiger partial charge in [-0.05, 0) is 88.0 Å². The second-order valence-electron chi connectivity index (χ2n) is 10.8. The monoisotopic (exact) mass is 450 g/mol. The summed E-state index contributed by atoms with van der Waals surface area (Å²) in [5, 5.41) is 15.5. The highest BCUT2D eigenvalue weighted by Gasteiger charge is 2.49. The van der Waals surface area contributed by atoms with Crippen molar-refractivity contribution in [3.8, 4) is 0 Å². The molecule has 1 unspecified atom stereocenters. The highest BCUT2D eigenvalue weighted by molar-refractivity contribution is 5.85. The Labute approximate surface area is 196 Å². The standard InChI is InChI=1S/C27H38N4O2/c32-24-9-8-18-17-31-15-10-20-19-6-1-2-7-22(19)29-26(20)23(31)16-21(18)25(24)27(33)28-11-5-14-30-12-3-4-13-30/h1-2,6-7,18,21,23-25,29,32H,3-5,8-17H2,(H,28,33)/t18-,21-,23-,24-,25?/m0/s1. The number of aliphatic hydroxyl groups is 1. The van der Waals surface area contributed by atoms with E-state index in [-0.39, 0.29) is 17.7 Å².